The molecule has 6 heteroatoms. The number of halogens is 1. The molecule has 0 amide bonds. The molecule has 0 aliphatic heterocycles. The number of nitrogens with zero attached hydrogens (tertiary/aromatic N) is 1. The maximum atomic E-state index is 12.9. The van der Waals surface area contributed by atoms with Crippen molar-refractivity contribution in [2.45, 2.75) is 12.2 Å². The number of sulfonamides is 1. The smallest absolute Gasteiger partial charge is 0.218 e. The molecule has 2 aromatic rings. The molecule has 23 heavy (non-hydrogen) atoms. The van der Waals surface area contributed by atoms with Crippen molar-refractivity contribution in [3.05, 3.63) is 71.5 Å². The zero-order chi connectivity index (χ0) is 16.7. The first kappa shape index (κ1) is 17.6. The highest BCUT2D eigenvalue weighted by Gasteiger charge is 2.21. The summed E-state index contributed by atoms with van der Waals surface area (Å²) in [5, 5.41) is 0. The van der Waals surface area contributed by atoms with E-state index in [0.717, 1.165) is 5.56 Å². The SMILES string of the molecule is NCCN(CCc1ccccc1)S(=O)(=O)Cc1ccc(F)cc1. The van der Waals surface area contributed by atoms with Gasteiger partial charge < -0.3 is 5.73 Å². The van der Waals surface area contributed by atoms with Crippen LogP contribution in [0.2, 0.25) is 0 Å². The van der Waals surface area contributed by atoms with Crippen LogP contribution in [0.1, 0.15) is 11.1 Å². The lowest BCUT2D eigenvalue weighted by molar-refractivity contribution is 0.421. The average molecular weight is 336 g/mol. The summed E-state index contributed by atoms with van der Waals surface area (Å²) in [6.07, 6.45) is 0.628. The van der Waals surface area contributed by atoms with E-state index >= 15 is 0 Å². The van der Waals surface area contributed by atoms with Gasteiger partial charge in [0.1, 0.15) is 5.82 Å². The molecule has 0 heterocycles. The topological polar surface area (TPSA) is 63.4 Å². The monoisotopic (exact) mass is 336 g/mol. The summed E-state index contributed by atoms with van der Waals surface area (Å²) in [5.74, 6) is -0.531. The predicted molar refractivity (Wildman–Crippen MR) is 89.8 cm³/mol. The van der Waals surface area contributed by atoms with Crippen LogP contribution in [-0.4, -0.2) is 32.4 Å². The highest BCUT2D eigenvalue weighted by Crippen LogP contribution is 2.13. The second kappa shape index (κ2) is 8.19. The van der Waals surface area contributed by atoms with E-state index in [0.29, 0.717) is 18.5 Å². The van der Waals surface area contributed by atoms with Crippen LogP contribution in [-0.2, 0) is 22.2 Å². The molecule has 0 aliphatic carbocycles. The molecular formula is C17H21FN2O2S. The molecule has 0 saturated carbocycles. The summed E-state index contributed by atoms with van der Waals surface area (Å²) < 4.78 is 39.5. The van der Waals surface area contributed by atoms with Crippen molar-refractivity contribution < 1.29 is 12.8 Å². The highest BCUT2D eigenvalue weighted by molar-refractivity contribution is 7.88. The Morgan fingerprint density at radius 1 is 0.913 bits per heavy atom. The van der Waals surface area contributed by atoms with E-state index in [9.17, 15) is 12.8 Å². The molecule has 0 aromatic heterocycles. The van der Waals surface area contributed by atoms with Crippen LogP contribution in [0, 0.1) is 5.82 Å². The summed E-state index contributed by atoms with van der Waals surface area (Å²) in [5.41, 5.74) is 7.19. The van der Waals surface area contributed by atoms with Crippen LogP contribution in [0.15, 0.2) is 54.6 Å². The summed E-state index contributed by atoms with van der Waals surface area (Å²) >= 11 is 0. The second-order valence-corrected chi connectivity index (χ2v) is 7.27. The predicted octanol–water partition coefficient (Wildman–Crippen LogP) is 2.16. The van der Waals surface area contributed by atoms with Crippen LogP contribution in [0.3, 0.4) is 0 Å². The molecule has 0 fully saturated rings. The van der Waals surface area contributed by atoms with Gasteiger partial charge in [0.25, 0.3) is 0 Å². The van der Waals surface area contributed by atoms with Gasteiger partial charge in [-0.25, -0.2) is 17.1 Å². The van der Waals surface area contributed by atoms with Crippen molar-refractivity contribution in [2.24, 2.45) is 5.73 Å². The Labute approximate surface area is 136 Å². The lowest BCUT2D eigenvalue weighted by atomic mass is 10.1. The molecule has 0 radical (unpaired) electrons. The summed E-state index contributed by atoms with van der Waals surface area (Å²) in [6.45, 7) is 0.915. The Balaban J connectivity index is 2.06. The first-order chi connectivity index (χ1) is 11.0. The van der Waals surface area contributed by atoms with E-state index in [-0.39, 0.29) is 24.7 Å². The molecule has 124 valence electrons. The standard InChI is InChI=1S/C17H21FN2O2S/c18-17-8-6-16(7-9-17)14-23(21,22)20(13-11-19)12-10-15-4-2-1-3-5-15/h1-9H,10-14,19H2. The van der Waals surface area contributed by atoms with Crippen LogP contribution in [0.4, 0.5) is 4.39 Å². The van der Waals surface area contributed by atoms with Crippen molar-refractivity contribution >= 4 is 10.0 Å². The van der Waals surface area contributed by atoms with Gasteiger partial charge in [0, 0.05) is 19.6 Å². The zero-order valence-electron chi connectivity index (χ0n) is 12.9. The van der Waals surface area contributed by atoms with E-state index in [2.05, 4.69) is 0 Å². The number of nitrogens with two attached hydrogens (primary N) is 1. The van der Waals surface area contributed by atoms with E-state index in [1.807, 2.05) is 30.3 Å². The van der Waals surface area contributed by atoms with Gasteiger partial charge in [-0.3, -0.25) is 0 Å². The fourth-order valence-electron chi connectivity index (χ4n) is 2.31. The molecule has 0 saturated heterocycles. The van der Waals surface area contributed by atoms with Crippen molar-refractivity contribution in [3.8, 4) is 0 Å². The molecule has 0 unspecified atom stereocenters. The molecule has 0 atom stereocenters. The van der Waals surface area contributed by atoms with Crippen LogP contribution < -0.4 is 5.73 Å². The number of hydrogen-bond acceptors (Lipinski definition) is 3. The Morgan fingerprint density at radius 3 is 2.17 bits per heavy atom. The van der Waals surface area contributed by atoms with Crippen LogP contribution >= 0.6 is 0 Å². The lowest BCUT2D eigenvalue weighted by Gasteiger charge is -2.21. The minimum atomic E-state index is -3.49. The van der Waals surface area contributed by atoms with Gasteiger partial charge in [0.2, 0.25) is 10.0 Å². The van der Waals surface area contributed by atoms with Gasteiger partial charge in [0.15, 0.2) is 0 Å². The minimum Gasteiger partial charge on any atom is -0.329 e. The van der Waals surface area contributed by atoms with E-state index < -0.39 is 10.0 Å². The molecule has 4 nitrogen and oxygen atoms in total. The maximum absolute atomic E-state index is 12.9. The summed E-state index contributed by atoms with van der Waals surface area (Å²) in [4.78, 5) is 0. The second-order valence-electron chi connectivity index (χ2n) is 5.31. The van der Waals surface area contributed by atoms with Gasteiger partial charge in [-0.2, -0.15) is 0 Å². The lowest BCUT2D eigenvalue weighted by Crippen LogP contribution is -2.37. The summed E-state index contributed by atoms with van der Waals surface area (Å²) in [6, 6.07) is 15.2. The van der Waals surface area contributed by atoms with E-state index in [1.54, 1.807) is 0 Å². The zero-order valence-corrected chi connectivity index (χ0v) is 13.7. The van der Waals surface area contributed by atoms with Crippen LogP contribution in [0.25, 0.3) is 0 Å². The molecule has 2 aromatic carbocycles. The van der Waals surface area contributed by atoms with Crippen molar-refractivity contribution in [1.82, 2.24) is 4.31 Å². The Bertz CT molecular complexity index is 703. The van der Waals surface area contributed by atoms with Crippen LogP contribution in [0.5, 0.6) is 0 Å². The molecule has 0 aliphatic rings. The maximum Gasteiger partial charge on any atom is 0.218 e. The third-order valence-electron chi connectivity index (χ3n) is 3.53. The molecular weight excluding hydrogens is 315 g/mol. The highest BCUT2D eigenvalue weighted by atomic mass is 32.2. The van der Waals surface area contributed by atoms with Gasteiger partial charge >= 0.3 is 0 Å². The number of rotatable bonds is 8. The van der Waals surface area contributed by atoms with Gasteiger partial charge in [-0.05, 0) is 29.7 Å². The Hall–Kier alpha value is -1.76. The van der Waals surface area contributed by atoms with Gasteiger partial charge in [-0.1, -0.05) is 42.5 Å². The van der Waals surface area contributed by atoms with E-state index in [1.165, 1.54) is 28.6 Å². The molecule has 0 spiro atoms. The fourth-order valence-corrected chi connectivity index (χ4v) is 3.86. The van der Waals surface area contributed by atoms with E-state index in [4.69, 9.17) is 5.73 Å². The summed E-state index contributed by atoms with van der Waals surface area (Å²) in [7, 11) is -3.49. The Morgan fingerprint density at radius 2 is 1.57 bits per heavy atom. The number of hydrogen-bond donors (Lipinski definition) is 1. The molecule has 0 bridgehead atoms. The first-order valence-corrected chi connectivity index (χ1v) is 9.08. The fraction of sp³-hybridized carbons (Fsp3) is 0.294. The number of benzene rings is 2. The minimum absolute atomic E-state index is 0.151. The van der Waals surface area contributed by atoms with Crippen molar-refractivity contribution in [3.63, 3.8) is 0 Å². The molecule has 2 rings (SSSR count). The van der Waals surface area contributed by atoms with Crippen molar-refractivity contribution in [2.75, 3.05) is 19.6 Å². The quantitative estimate of drug-likeness (QED) is 0.803. The third kappa shape index (κ3) is 5.42. The Kier molecular flexibility index (Phi) is 6.27. The third-order valence-corrected chi connectivity index (χ3v) is 5.38. The first-order valence-electron chi connectivity index (χ1n) is 7.47. The molecule has 2 N–H and O–H groups in total. The van der Waals surface area contributed by atoms with Gasteiger partial charge in [0.05, 0.1) is 5.75 Å². The van der Waals surface area contributed by atoms with Gasteiger partial charge in [-0.15, -0.1) is 0 Å². The average Bonchev–Trinajstić information content (AvgIpc) is 2.54. The normalized spacial score (nSPS) is 11.8. The largest absolute Gasteiger partial charge is 0.329 e. The van der Waals surface area contributed by atoms with Crippen molar-refractivity contribution in [1.29, 1.82) is 0 Å².